The first-order chi connectivity index (χ1) is 7.89. The Balaban J connectivity index is 2.19. The van der Waals surface area contributed by atoms with Crippen molar-refractivity contribution in [1.82, 2.24) is 10.6 Å². The van der Waals surface area contributed by atoms with Crippen molar-refractivity contribution in [1.29, 1.82) is 0 Å². The van der Waals surface area contributed by atoms with Gasteiger partial charge in [0, 0.05) is 25.0 Å². The van der Waals surface area contributed by atoms with Gasteiger partial charge in [0.05, 0.1) is 11.5 Å². The van der Waals surface area contributed by atoms with Crippen LogP contribution in [0.3, 0.4) is 0 Å². The van der Waals surface area contributed by atoms with Gasteiger partial charge in [0.15, 0.2) is 0 Å². The lowest BCUT2D eigenvalue weighted by molar-refractivity contribution is -0.121. The van der Waals surface area contributed by atoms with E-state index in [0.29, 0.717) is 31.8 Å². The zero-order valence-corrected chi connectivity index (χ0v) is 11.3. The zero-order valence-electron chi connectivity index (χ0n) is 10.5. The molecule has 0 spiro atoms. The maximum atomic E-state index is 11.6. The van der Waals surface area contributed by atoms with Crippen molar-refractivity contribution in [3.63, 3.8) is 0 Å². The van der Waals surface area contributed by atoms with E-state index in [9.17, 15) is 13.2 Å². The van der Waals surface area contributed by atoms with E-state index in [1.165, 1.54) is 0 Å². The molecule has 0 aromatic rings. The smallest absolute Gasteiger partial charge is 0.221 e. The van der Waals surface area contributed by atoms with E-state index in [2.05, 4.69) is 10.6 Å². The molecule has 1 saturated heterocycles. The lowest BCUT2D eigenvalue weighted by atomic mass is 10.1. The standard InChI is InChI=1S/C11H22N2O3S/c1-9(2)12-6-3-11(14)13-10-4-7-17(15,16)8-5-10/h9-10,12H,3-8H2,1-2H3,(H,13,14). The number of rotatable bonds is 5. The molecular weight excluding hydrogens is 240 g/mol. The van der Waals surface area contributed by atoms with Crippen LogP contribution in [0.1, 0.15) is 33.1 Å². The molecule has 0 bridgehead atoms. The maximum absolute atomic E-state index is 11.6. The molecule has 0 aromatic carbocycles. The van der Waals surface area contributed by atoms with Crippen LogP contribution < -0.4 is 10.6 Å². The van der Waals surface area contributed by atoms with Gasteiger partial charge in [-0.05, 0) is 12.8 Å². The van der Waals surface area contributed by atoms with Crippen molar-refractivity contribution in [2.45, 2.75) is 45.2 Å². The zero-order chi connectivity index (χ0) is 12.9. The van der Waals surface area contributed by atoms with Crippen molar-refractivity contribution in [2.75, 3.05) is 18.1 Å². The topological polar surface area (TPSA) is 75.3 Å². The van der Waals surface area contributed by atoms with Crippen LogP contribution in [0.15, 0.2) is 0 Å². The van der Waals surface area contributed by atoms with Crippen LogP contribution in [0, 0.1) is 0 Å². The van der Waals surface area contributed by atoms with E-state index < -0.39 is 9.84 Å². The summed E-state index contributed by atoms with van der Waals surface area (Å²) in [5.74, 6) is 0.396. The highest BCUT2D eigenvalue weighted by molar-refractivity contribution is 7.91. The first-order valence-corrected chi connectivity index (χ1v) is 7.94. The molecule has 0 aliphatic carbocycles. The van der Waals surface area contributed by atoms with Gasteiger partial charge in [0.25, 0.3) is 0 Å². The second-order valence-electron chi connectivity index (χ2n) is 4.85. The first-order valence-electron chi connectivity index (χ1n) is 6.12. The fourth-order valence-electron chi connectivity index (χ4n) is 1.81. The highest BCUT2D eigenvalue weighted by Crippen LogP contribution is 2.12. The summed E-state index contributed by atoms with van der Waals surface area (Å²) in [5.41, 5.74) is 0. The molecule has 1 aliphatic rings. The van der Waals surface area contributed by atoms with E-state index in [0.717, 1.165) is 0 Å². The molecule has 5 nitrogen and oxygen atoms in total. The molecule has 6 heteroatoms. The minimum Gasteiger partial charge on any atom is -0.353 e. The summed E-state index contributed by atoms with van der Waals surface area (Å²) < 4.78 is 22.4. The highest BCUT2D eigenvalue weighted by Gasteiger charge is 2.24. The largest absolute Gasteiger partial charge is 0.353 e. The van der Waals surface area contributed by atoms with Crippen molar-refractivity contribution >= 4 is 15.7 Å². The van der Waals surface area contributed by atoms with Gasteiger partial charge in [0.1, 0.15) is 9.84 Å². The van der Waals surface area contributed by atoms with Gasteiger partial charge in [-0.25, -0.2) is 8.42 Å². The van der Waals surface area contributed by atoms with Gasteiger partial charge in [-0.15, -0.1) is 0 Å². The summed E-state index contributed by atoms with van der Waals surface area (Å²) in [6, 6.07) is 0.410. The molecule has 1 amide bonds. The highest BCUT2D eigenvalue weighted by atomic mass is 32.2. The Hall–Kier alpha value is -0.620. The molecule has 1 aliphatic heterocycles. The molecule has 0 atom stereocenters. The van der Waals surface area contributed by atoms with Crippen LogP contribution in [0.2, 0.25) is 0 Å². The van der Waals surface area contributed by atoms with Gasteiger partial charge in [0.2, 0.25) is 5.91 Å². The monoisotopic (exact) mass is 262 g/mol. The van der Waals surface area contributed by atoms with Crippen LogP contribution >= 0.6 is 0 Å². The first kappa shape index (κ1) is 14.4. The minimum atomic E-state index is -2.84. The Morgan fingerprint density at radius 3 is 2.41 bits per heavy atom. The molecule has 0 unspecified atom stereocenters. The summed E-state index contributed by atoms with van der Waals surface area (Å²) in [6.45, 7) is 4.72. The normalized spacial score (nSPS) is 20.4. The Morgan fingerprint density at radius 1 is 1.29 bits per heavy atom. The van der Waals surface area contributed by atoms with Crippen molar-refractivity contribution in [2.24, 2.45) is 0 Å². The van der Waals surface area contributed by atoms with E-state index in [1.807, 2.05) is 13.8 Å². The Bertz CT molecular complexity index is 338. The fourth-order valence-corrected chi connectivity index (χ4v) is 3.30. The average molecular weight is 262 g/mol. The molecule has 1 fully saturated rings. The average Bonchev–Trinajstić information content (AvgIpc) is 2.21. The Kier molecular flexibility index (Phi) is 5.39. The van der Waals surface area contributed by atoms with Crippen LogP contribution in [-0.2, 0) is 14.6 Å². The number of amides is 1. The lowest BCUT2D eigenvalue weighted by Crippen LogP contribution is -2.41. The van der Waals surface area contributed by atoms with E-state index >= 15 is 0 Å². The minimum absolute atomic E-state index is 0.00227. The van der Waals surface area contributed by atoms with Crippen LogP contribution in [0.4, 0.5) is 0 Å². The Labute approximate surface area is 103 Å². The molecule has 0 aromatic heterocycles. The van der Waals surface area contributed by atoms with E-state index in [-0.39, 0.29) is 23.5 Å². The second kappa shape index (κ2) is 6.35. The molecule has 1 heterocycles. The van der Waals surface area contributed by atoms with Gasteiger partial charge in [-0.1, -0.05) is 13.8 Å². The number of sulfone groups is 1. The molecule has 0 radical (unpaired) electrons. The number of carbonyl (C=O) groups is 1. The van der Waals surface area contributed by atoms with Crippen molar-refractivity contribution < 1.29 is 13.2 Å². The summed E-state index contributed by atoms with van der Waals surface area (Å²) in [5, 5.41) is 6.06. The molecular formula is C11H22N2O3S. The summed E-state index contributed by atoms with van der Waals surface area (Å²) in [6.07, 6.45) is 1.54. The maximum Gasteiger partial charge on any atom is 0.221 e. The SMILES string of the molecule is CC(C)NCCC(=O)NC1CCS(=O)(=O)CC1. The number of nitrogens with one attached hydrogen (secondary N) is 2. The quantitative estimate of drug-likeness (QED) is 0.735. The van der Waals surface area contributed by atoms with Gasteiger partial charge in [-0.2, -0.15) is 0 Å². The fraction of sp³-hybridized carbons (Fsp3) is 0.909. The predicted molar refractivity (Wildman–Crippen MR) is 67.6 cm³/mol. The number of hydrogen-bond donors (Lipinski definition) is 2. The van der Waals surface area contributed by atoms with Crippen LogP contribution in [0.5, 0.6) is 0 Å². The summed E-state index contributed by atoms with van der Waals surface area (Å²) in [4.78, 5) is 11.6. The third-order valence-electron chi connectivity index (χ3n) is 2.82. The third-order valence-corrected chi connectivity index (χ3v) is 4.54. The Morgan fingerprint density at radius 2 is 1.88 bits per heavy atom. The van der Waals surface area contributed by atoms with Crippen molar-refractivity contribution in [3.8, 4) is 0 Å². The van der Waals surface area contributed by atoms with Crippen LogP contribution in [-0.4, -0.2) is 44.5 Å². The van der Waals surface area contributed by atoms with Crippen LogP contribution in [0.25, 0.3) is 0 Å². The predicted octanol–water partition coefficient (Wildman–Crippen LogP) is 0.0679. The summed E-state index contributed by atoms with van der Waals surface area (Å²) >= 11 is 0. The van der Waals surface area contributed by atoms with Gasteiger partial charge < -0.3 is 10.6 Å². The molecule has 2 N–H and O–H groups in total. The van der Waals surface area contributed by atoms with Crippen molar-refractivity contribution in [3.05, 3.63) is 0 Å². The summed E-state index contributed by atoms with van der Waals surface area (Å²) in [7, 11) is -2.84. The molecule has 1 rings (SSSR count). The van der Waals surface area contributed by atoms with E-state index in [4.69, 9.17) is 0 Å². The molecule has 100 valence electrons. The third kappa shape index (κ3) is 6.02. The molecule has 17 heavy (non-hydrogen) atoms. The van der Waals surface area contributed by atoms with Gasteiger partial charge >= 0.3 is 0 Å². The van der Waals surface area contributed by atoms with E-state index in [1.54, 1.807) is 0 Å². The number of hydrogen-bond acceptors (Lipinski definition) is 4. The van der Waals surface area contributed by atoms with Gasteiger partial charge in [-0.3, -0.25) is 4.79 Å². The lowest BCUT2D eigenvalue weighted by Gasteiger charge is -2.23. The molecule has 0 saturated carbocycles. The second-order valence-corrected chi connectivity index (χ2v) is 7.16. The number of carbonyl (C=O) groups excluding carboxylic acids is 1.